The zero-order chi connectivity index (χ0) is 18.6. The molecular formula is C19H16Cl2N4O. The first-order chi connectivity index (χ1) is 12.3. The number of aliphatic hydroxyl groups is 1. The molecule has 0 unspecified atom stereocenters. The molecule has 1 aliphatic heterocycles. The molecule has 0 radical (unpaired) electrons. The fourth-order valence-electron chi connectivity index (χ4n) is 3.09. The number of nitrogens with one attached hydrogen (secondary N) is 2. The van der Waals surface area contributed by atoms with E-state index in [0.717, 1.165) is 22.2 Å². The number of imidazole rings is 1. The topological polar surface area (TPSA) is 76.0 Å². The van der Waals surface area contributed by atoms with Crippen LogP contribution in [0.2, 0.25) is 10.0 Å². The van der Waals surface area contributed by atoms with Gasteiger partial charge in [0.15, 0.2) is 0 Å². The summed E-state index contributed by atoms with van der Waals surface area (Å²) in [5.41, 5.74) is 5.07. The van der Waals surface area contributed by atoms with Gasteiger partial charge in [0, 0.05) is 5.69 Å². The quantitative estimate of drug-likeness (QED) is 0.562. The smallest absolute Gasteiger partial charge is 0.145 e. The average Bonchev–Trinajstić information content (AvgIpc) is 3.10. The maximum atomic E-state index is 10.5. The number of hydrogen-bond acceptors (Lipinski definition) is 3. The van der Waals surface area contributed by atoms with E-state index in [-0.39, 0.29) is 18.1 Å². The summed E-state index contributed by atoms with van der Waals surface area (Å²) in [6.45, 7) is 4.25. The SMILES string of the molecule is Cc1cc2nc(C3=C(O)CN(c4ccc(Cl)c(Cl)c4)C3=N)[nH]c2cc1C. The summed E-state index contributed by atoms with van der Waals surface area (Å²) in [6.07, 6.45) is 0. The van der Waals surface area contributed by atoms with Gasteiger partial charge in [-0.2, -0.15) is 0 Å². The van der Waals surface area contributed by atoms with E-state index in [1.54, 1.807) is 23.1 Å². The second-order valence-corrected chi connectivity index (χ2v) is 7.21. The number of rotatable bonds is 2. The Kier molecular flexibility index (Phi) is 3.93. The lowest BCUT2D eigenvalue weighted by Crippen LogP contribution is -2.26. The predicted octanol–water partition coefficient (Wildman–Crippen LogP) is 5.25. The van der Waals surface area contributed by atoms with Gasteiger partial charge in [0.1, 0.15) is 17.4 Å². The van der Waals surface area contributed by atoms with Crippen molar-refractivity contribution in [3.8, 4) is 0 Å². The van der Waals surface area contributed by atoms with Crippen LogP contribution in [0.4, 0.5) is 5.69 Å². The molecule has 0 amide bonds. The molecule has 0 spiro atoms. The third kappa shape index (κ3) is 2.64. The molecule has 4 rings (SSSR count). The Hall–Kier alpha value is -2.50. The second-order valence-electron chi connectivity index (χ2n) is 6.39. The highest BCUT2D eigenvalue weighted by Gasteiger charge is 2.31. The van der Waals surface area contributed by atoms with Crippen molar-refractivity contribution >= 4 is 51.3 Å². The number of aromatic amines is 1. The van der Waals surface area contributed by atoms with Crippen LogP contribution in [0.25, 0.3) is 16.6 Å². The van der Waals surface area contributed by atoms with Gasteiger partial charge in [-0.1, -0.05) is 23.2 Å². The fraction of sp³-hybridized carbons (Fsp3) is 0.158. The number of anilines is 1. The van der Waals surface area contributed by atoms with E-state index < -0.39 is 0 Å². The van der Waals surface area contributed by atoms with Crippen molar-refractivity contribution in [3.05, 3.63) is 63.1 Å². The number of aryl methyl sites for hydroxylation is 2. The van der Waals surface area contributed by atoms with E-state index in [0.29, 0.717) is 27.1 Å². The highest BCUT2D eigenvalue weighted by Crippen LogP contribution is 2.34. The highest BCUT2D eigenvalue weighted by atomic mass is 35.5. The molecular weight excluding hydrogens is 371 g/mol. The molecule has 0 aliphatic carbocycles. The Labute approximate surface area is 160 Å². The van der Waals surface area contributed by atoms with Gasteiger partial charge in [-0.15, -0.1) is 0 Å². The van der Waals surface area contributed by atoms with E-state index in [1.807, 2.05) is 26.0 Å². The Bertz CT molecular complexity index is 1060. The van der Waals surface area contributed by atoms with Crippen molar-refractivity contribution in [1.29, 1.82) is 5.41 Å². The maximum Gasteiger partial charge on any atom is 0.145 e. The van der Waals surface area contributed by atoms with Crippen LogP contribution in [0.3, 0.4) is 0 Å². The normalized spacial score (nSPS) is 14.8. The minimum atomic E-state index is 0.0913. The summed E-state index contributed by atoms with van der Waals surface area (Å²) in [4.78, 5) is 9.45. The molecule has 0 saturated carbocycles. The standard InChI is InChI=1S/C19H16Cl2N4O/c1-9-5-14-15(6-10(9)2)24-19(23-14)17-16(26)8-25(18(17)22)11-3-4-12(20)13(21)7-11/h3-7,22,26H,8H2,1-2H3,(H,23,24). The monoisotopic (exact) mass is 386 g/mol. The van der Waals surface area contributed by atoms with Crippen LogP contribution >= 0.6 is 23.2 Å². The highest BCUT2D eigenvalue weighted by molar-refractivity contribution is 6.42. The Balaban J connectivity index is 1.74. The van der Waals surface area contributed by atoms with Crippen LogP contribution in [0.1, 0.15) is 17.0 Å². The molecule has 1 aliphatic rings. The summed E-state index contributed by atoms with van der Waals surface area (Å²) in [7, 11) is 0. The number of halogens is 2. The number of amidine groups is 1. The van der Waals surface area contributed by atoms with E-state index in [4.69, 9.17) is 28.6 Å². The first-order valence-electron chi connectivity index (χ1n) is 8.06. The van der Waals surface area contributed by atoms with Gasteiger partial charge in [-0.3, -0.25) is 5.41 Å². The zero-order valence-corrected chi connectivity index (χ0v) is 15.7. The van der Waals surface area contributed by atoms with Crippen molar-refractivity contribution in [1.82, 2.24) is 9.97 Å². The molecule has 0 bridgehead atoms. The second kappa shape index (κ2) is 6.04. The van der Waals surface area contributed by atoms with E-state index in [2.05, 4.69) is 9.97 Å². The molecule has 132 valence electrons. The number of aliphatic hydroxyl groups excluding tert-OH is 1. The fourth-order valence-corrected chi connectivity index (χ4v) is 3.38. The van der Waals surface area contributed by atoms with Crippen molar-refractivity contribution < 1.29 is 5.11 Å². The molecule has 3 N–H and O–H groups in total. The van der Waals surface area contributed by atoms with Gasteiger partial charge in [-0.05, 0) is 55.3 Å². The number of benzene rings is 2. The van der Waals surface area contributed by atoms with Crippen LogP contribution in [0, 0.1) is 19.3 Å². The lowest BCUT2D eigenvalue weighted by Gasteiger charge is -2.19. The number of H-pyrrole nitrogens is 1. The molecule has 26 heavy (non-hydrogen) atoms. The molecule has 0 atom stereocenters. The van der Waals surface area contributed by atoms with Gasteiger partial charge in [0.2, 0.25) is 0 Å². The Morgan fingerprint density at radius 3 is 2.58 bits per heavy atom. The maximum absolute atomic E-state index is 10.5. The van der Waals surface area contributed by atoms with Gasteiger partial charge in [-0.25, -0.2) is 4.98 Å². The Morgan fingerprint density at radius 1 is 1.12 bits per heavy atom. The summed E-state index contributed by atoms with van der Waals surface area (Å²) in [6, 6.07) is 9.14. The van der Waals surface area contributed by atoms with Crippen LogP contribution < -0.4 is 4.90 Å². The molecule has 7 heteroatoms. The number of aromatic nitrogens is 2. The lowest BCUT2D eigenvalue weighted by atomic mass is 10.1. The molecule has 1 aromatic heterocycles. The molecule has 0 saturated heterocycles. The van der Waals surface area contributed by atoms with E-state index in [9.17, 15) is 5.11 Å². The third-order valence-corrected chi connectivity index (χ3v) is 5.39. The summed E-state index contributed by atoms with van der Waals surface area (Å²) in [5.74, 6) is 0.733. The number of fused-ring (bicyclic) bond motifs is 1. The molecule has 5 nitrogen and oxygen atoms in total. The van der Waals surface area contributed by atoms with Crippen LogP contribution in [-0.4, -0.2) is 27.5 Å². The first kappa shape index (κ1) is 16.9. The Morgan fingerprint density at radius 2 is 1.85 bits per heavy atom. The minimum absolute atomic E-state index is 0.0913. The molecule has 2 heterocycles. The predicted molar refractivity (Wildman–Crippen MR) is 107 cm³/mol. The number of hydrogen-bond donors (Lipinski definition) is 3. The van der Waals surface area contributed by atoms with Gasteiger partial charge < -0.3 is 15.0 Å². The van der Waals surface area contributed by atoms with Crippen molar-refractivity contribution in [2.75, 3.05) is 11.4 Å². The largest absolute Gasteiger partial charge is 0.509 e. The minimum Gasteiger partial charge on any atom is -0.509 e. The first-order valence-corrected chi connectivity index (χ1v) is 8.81. The molecule has 0 fully saturated rings. The van der Waals surface area contributed by atoms with Crippen molar-refractivity contribution in [3.63, 3.8) is 0 Å². The molecule has 2 aromatic carbocycles. The lowest BCUT2D eigenvalue weighted by molar-refractivity contribution is 0.411. The molecule has 3 aromatic rings. The third-order valence-electron chi connectivity index (χ3n) is 4.65. The van der Waals surface area contributed by atoms with Crippen LogP contribution in [-0.2, 0) is 0 Å². The van der Waals surface area contributed by atoms with E-state index >= 15 is 0 Å². The van der Waals surface area contributed by atoms with Crippen molar-refractivity contribution in [2.45, 2.75) is 13.8 Å². The van der Waals surface area contributed by atoms with Gasteiger partial charge in [0.05, 0.1) is 33.2 Å². The van der Waals surface area contributed by atoms with E-state index in [1.165, 1.54) is 0 Å². The van der Waals surface area contributed by atoms with Crippen LogP contribution in [0.15, 0.2) is 36.1 Å². The van der Waals surface area contributed by atoms with Crippen molar-refractivity contribution in [2.24, 2.45) is 0 Å². The zero-order valence-electron chi connectivity index (χ0n) is 14.2. The summed E-state index contributed by atoms with van der Waals surface area (Å²) >= 11 is 12.1. The van der Waals surface area contributed by atoms with Gasteiger partial charge >= 0.3 is 0 Å². The summed E-state index contributed by atoms with van der Waals surface area (Å²) in [5, 5.41) is 19.9. The number of nitrogens with zero attached hydrogens (tertiary/aromatic N) is 2. The van der Waals surface area contributed by atoms with Gasteiger partial charge in [0.25, 0.3) is 0 Å². The summed E-state index contributed by atoms with van der Waals surface area (Å²) < 4.78 is 0. The van der Waals surface area contributed by atoms with Crippen LogP contribution in [0.5, 0.6) is 0 Å². The average molecular weight is 387 g/mol.